The van der Waals surface area contributed by atoms with Crippen molar-refractivity contribution < 1.29 is 19.4 Å². The maximum Gasteiger partial charge on any atom is 0.253 e. The van der Waals surface area contributed by atoms with E-state index in [4.69, 9.17) is 4.74 Å². The lowest BCUT2D eigenvalue weighted by atomic mass is 9.96. The zero-order chi connectivity index (χ0) is 19.8. The molecule has 2 rings (SSSR count). The number of aliphatic hydroxyl groups excluding tert-OH is 1. The molecule has 1 aliphatic heterocycles. The number of ether oxygens (including phenoxy) is 1. The average molecular weight is 376 g/mol. The van der Waals surface area contributed by atoms with Crippen LogP contribution >= 0.6 is 0 Å². The van der Waals surface area contributed by atoms with Crippen LogP contribution in [0.4, 0.5) is 0 Å². The van der Waals surface area contributed by atoms with Crippen molar-refractivity contribution in [1.82, 2.24) is 10.2 Å². The highest BCUT2D eigenvalue weighted by Crippen LogP contribution is 2.19. The topological polar surface area (TPSA) is 78.9 Å². The Bertz CT molecular complexity index is 615. The Morgan fingerprint density at radius 2 is 1.96 bits per heavy atom. The number of hydrogen-bond acceptors (Lipinski definition) is 4. The number of carbonyl (C=O) groups is 2. The number of piperidine rings is 1. The van der Waals surface area contributed by atoms with Crippen molar-refractivity contribution in [3.8, 4) is 0 Å². The zero-order valence-corrected chi connectivity index (χ0v) is 16.6. The predicted octanol–water partition coefficient (Wildman–Crippen LogP) is 2.00. The average Bonchev–Trinajstić information content (AvgIpc) is 2.66. The lowest BCUT2D eigenvalue weighted by Crippen LogP contribution is -2.47. The number of amides is 2. The first kappa shape index (κ1) is 21.4. The predicted molar refractivity (Wildman–Crippen MR) is 104 cm³/mol. The van der Waals surface area contributed by atoms with E-state index in [9.17, 15) is 14.7 Å². The quantitative estimate of drug-likeness (QED) is 0.727. The maximum atomic E-state index is 12.7. The van der Waals surface area contributed by atoms with E-state index < -0.39 is 6.10 Å². The largest absolute Gasteiger partial charge is 0.389 e. The van der Waals surface area contributed by atoms with Crippen LogP contribution in [0.5, 0.6) is 0 Å². The molecule has 0 unspecified atom stereocenters. The van der Waals surface area contributed by atoms with Crippen LogP contribution in [0.2, 0.25) is 0 Å². The van der Waals surface area contributed by atoms with E-state index in [-0.39, 0.29) is 30.9 Å². The molecule has 6 nitrogen and oxygen atoms in total. The summed E-state index contributed by atoms with van der Waals surface area (Å²) in [7, 11) is 0. The number of likely N-dealkylation sites (tertiary alicyclic amines) is 1. The van der Waals surface area contributed by atoms with Crippen molar-refractivity contribution in [2.75, 3.05) is 32.8 Å². The number of nitrogens with one attached hydrogen (secondary N) is 1. The molecule has 6 heteroatoms. The number of aliphatic hydroxyl groups is 1. The first-order valence-electron chi connectivity index (χ1n) is 9.76. The van der Waals surface area contributed by atoms with Crippen LogP contribution in [0, 0.1) is 18.8 Å². The van der Waals surface area contributed by atoms with Gasteiger partial charge in [-0.3, -0.25) is 9.59 Å². The van der Waals surface area contributed by atoms with Crippen LogP contribution < -0.4 is 5.32 Å². The van der Waals surface area contributed by atoms with Gasteiger partial charge in [0, 0.05) is 31.8 Å². The molecule has 2 amide bonds. The van der Waals surface area contributed by atoms with Crippen LogP contribution in [0.15, 0.2) is 24.3 Å². The summed E-state index contributed by atoms with van der Waals surface area (Å²) in [5.41, 5.74) is 1.76. The van der Waals surface area contributed by atoms with E-state index in [0.29, 0.717) is 31.2 Å². The Labute approximate surface area is 161 Å². The number of aryl methyl sites for hydroxylation is 1. The fourth-order valence-corrected chi connectivity index (χ4v) is 3.12. The van der Waals surface area contributed by atoms with E-state index in [2.05, 4.69) is 5.32 Å². The van der Waals surface area contributed by atoms with Gasteiger partial charge in [0.05, 0.1) is 18.6 Å². The summed E-state index contributed by atoms with van der Waals surface area (Å²) >= 11 is 0. The second-order valence-electron chi connectivity index (χ2n) is 7.79. The van der Waals surface area contributed by atoms with Gasteiger partial charge in [-0.05, 0) is 37.8 Å². The highest BCUT2D eigenvalue weighted by Gasteiger charge is 2.29. The third-order valence-corrected chi connectivity index (χ3v) is 4.65. The Morgan fingerprint density at radius 1 is 1.26 bits per heavy atom. The molecule has 0 aromatic heterocycles. The Balaban J connectivity index is 1.79. The summed E-state index contributed by atoms with van der Waals surface area (Å²) in [5, 5.41) is 12.7. The van der Waals surface area contributed by atoms with Gasteiger partial charge in [-0.1, -0.05) is 31.5 Å². The zero-order valence-electron chi connectivity index (χ0n) is 16.6. The van der Waals surface area contributed by atoms with E-state index in [0.717, 1.165) is 18.4 Å². The highest BCUT2D eigenvalue weighted by molar-refractivity contribution is 5.94. The molecule has 1 aromatic carbocycles. The van der Waals surface area contributed by atoms with Gasteiger partial charge < -0.3 is 20.1 Å². The van der Waals surface area contributed by atoms with E-state index in [1.165, 1.54) is 0 Å². The van der Waals surface area contributed by atoms with Crippen molar-refractivity contribution in [2.45, 2.75) is 39.7 Å². The maximum absolute atomic E-state index is 12.7. The van der Waals surface area contributed by atoms with Gasteiger partial charge in [0.2, 0.25) is 5.91 Å². The van der Waals surface area contributed by atoms with Gasteiger partial charge in [-0.2, -0.15) is 0 Å². The lowest BCUT2D eigenvalue weighted by Gasteiger charge is -2.32. The molecule has 0 radical (unpaired) electrons. The van der Waals surface area contributed by atoms with Crippen molar-refractivity contribution >= 4 is 11.8 Å². The lowest BCUT2D eigenvalue weighted by molar-refractivity contribution is -0.127. The number of rotatable bonds is 8. The van der Waals surface area contributed by atoms with Gasteiger partial charge in [0.15, 0.2) is 0 Å². The number of benzene rings is 1. The summed E-state index contributed by atoms with van der Waals surface area (Å²) in [6.07, 6.45) is 0.834. The van der Waals surface area contributed by atoms with Crippen LogP contribution in [0.25, 0.3) is 0 Å². The molecule has 0 saturated carbocycles. The second-order valence-corrected chi connectivity index (χ2v) is 7.79. The minimum atomic E-state index is -0.721. The molecule has 2 N–H and O–H groups in total. The monoisotopic (exact) mass is 376 g/mol. The molecule has 1 heterocycles. The molecular weight excluding hydrogens is 344 g/mol. The summed E-state index contributed by atoms with van der Waals surface area (Å²) in [4.78, 5) is 26.8. The van der Waals surface area contributed by atoms with Gasteiger partial charge >= 0.3 is 0 Å². The molecule has 2 atom stereocenters. The van der Waals surface area contributed by atoms with Crippen LogP contribution in [-0.2, 0) is 9.53 Å². The molecule has 1 saturated heterocycles. The Morgan fingerprint density at radius 3 is 2.63 bits per heavy atom. The van der Waals surface area contributed by atoms with Gasteiger partial charge in [-0.15, -0.1) is 0 Å². The summed E-state index contributed by atoms with van der Waals surface area (Å²) in [6.45, 7) is 8.12. The first-order valence-corrected chi connectivity index (χ1v) is 9.76. The normalized spacial score (nSPS) is 18.4. The minimum absolute atomic E-state index is 0.0328. The standard InChI is InChI=1S/C21H32N2O4/c1-15(2)13-27-14-19(24)11-22-20(25)18-5-4-10-23(12-18)21(26)17-8-6-16(3)7-9-17/h6-9,15,18-19,24H,4-5,10-14H2,1-3H3,(H,22,25)/t18-,19+/m0/s1. The third kappa shape index (κ3) is 6.96. The van der Waals surface area contributed by atoms with Crippen molar-refractivity contribution in [3.63, 3.8) is 0 Å². The van der Waals surface area contributed by atoms with Gasteiger partial charge in [-0.25, -0.2) is 0 Å². The molecular formula is C21H32N2O4. The second kappa shape index (κ2) is 10.4. The Kier molecular flexibility index (Phi) is 8.25. The van der Waals surface area contributed by atoms with Gasteiger partial charge in [0.25, 0.3) is 5.91 Å². The number of hydrogen-bond donors (Lipinski definition) is 2. The summed E-state index contributed by atoms with van der Waals surface area (Å²) < 4.78 is 5.39. The van der Waals surface area contributed by atoms with Crippen LogP contribution in [-0.4, -0.2) is 60.8 Å². The van der Waals surface area contributed by atoms with Gasteiger partial charge in [0.1, 0.15) is 0 Å². The van der Waals surface area contributed by atoms with Crippen molar-refractivity contribution in [2.24, 2.45) is 11.8 Å². The van der Waals surface area contributed by atoms with Crippen LogP contribution in [0.1, 0.15) is 42.6 Å². The minimum Gasteiger partial charge on any atom is -0.389 e. The molecule has 1 fully saturated rings. The first-order chi connectivity index (χ1) is 12.9. The highest BCUT2D eigenvalue weighted by atomic mass is 16.5. The molecule has 1 aromatic rings. The van der Waals surface area contributed by atoms with E-state index in [1.54, 1.807) is 4.90 Å². The van der Waals surface area contributed by atoms with E-state index in [1.807, 2.05) is 45.0 Å². The number of carbonyl (C=O) groups excluding carboxylic acids is 2. The van der Waals surface area contributed by atoms with Crippen molar-refractivity contribution in [3.05, 3.63) is 35.4 Å². The smallest absolute Gasteiger partial charge is 0.253 e. The summed E-state index contributed by atoms with van der Waals surface area (Å²) in [6, 6.07) is 7.50. The molecule has 150 valence electrons. The molecule has 0 spiro atoms. The van der Waals surface area contributed by atoms with Crippen molar-refractivity contribution in [1.29, 1.82) is 0 Å². The molecule has 1 aliphatic rings. The third-order valence-electron chi connectivity index (χ3n) is 4.65. The van der Waals surface area contributed by atoms with E-state index >= 15 is 0 Å². The summed E-state index contributed by atoms with van der Waals surface area (Å²) in [5.74, 6) is 0.0250. The fourth-order valence-electron chi connectivity index (χ4n) is 3.12. The molecule has 0 aliphatic carbocycles. The SMILES string of the molecule is Cc1ccc(C(=O)N2CCC[C@H](C(=O)NC[C@@H](O)COCC(C)C)C2)cc1. The van der Waals surface area contributed by atoms with Crippen LogP contribution in [0.3, 0.4) is 0 Å². The number of nitrogens with zero attached hydrogens (tertiary/aromatic N) is 1. The fraction of sp³-hybridized carbons (Fsp3) is 0.619. The Hall–Kier alpha value is -1.92. The molecule has 27 heavy (non-hydrogen) atoms. The molecule has 0 bridgehead atoms.